The molecular formula is C18H33N3. The van der Waals surface area contributed by atoms with Crippen LogP contribution in [0.3, 0.4) is 0 Å². The standard InChI is InChI=1S/C18H33N3/c1-19-17(13-21-5-3-20(2)4-6-21)18-10-14-7-15(11-18)9-16(8-14)12-18/h14-17,19H,3-13H2,1-2H3. The molecule has 0 aromatic carbocycles. The molecule has 1 N–H and O–H groups in total. The summed E-state index contributed by atoms with van der Waals surface area (Å²) in [6.45, 7) is 6.31. The second-order valence-corrected chi connectivity index (χ2v) is 8.73. The predicted molar refractivity (Wildman–Crippen MR) is 87.4 cm³/mol. The van der Waals surface area contributed by atoms with Gasteiger partial charge < -0.3 is 10.2 Å². The molecule has 1 saturated heterocycles. The van der Waals surface area contributed by atoms with Gasteiger partial charge in [-0.25, -0.2) is 0 Å². The van der Waals surface area contributed by atoms with E-state index in [-0.39, 0.29) is 0 Å². The highest BCUT2D eigenvalue weighted by Crippen LogP contribution is 2.61. The molecule has 5 fully saturated rings. The number of likely N-dealkylation sites (N-methyl/N-ethyl adjacent to an activating group) is 2. The topological polar surface area (TPSA) is 18.5 Å². The van der Waals surface area contributed by atoms with Crippen molar-refractivity contribution < 1.29 is 0 Å². The first-order valence-corrected chi connectivity index (χ1v) is 9.25. The van der Waals surface area contributed by atoms with Crippen molar-refractivity contribution in [3.8, 4) is 0 Å². The monoisotopic (exact) mass is 291 g/mol. The Kier molecular flexibility index (Phi) is 3.79. The molecule has 4 aliphatic carbocycles. The molecule has 1 aliphatic heterocycles. The van der Waals surface area contributed by atoms with Crippen molar-refractivity contribution in [2.75, 3.05) is 46.8 Å². The van der Waals surface area contributed by atoms with Crippen molar-refractivity contribution in [1.29, 1.82) is 0 Å². The molecule has 0 spiro atoms. The maximum Gasteiger partial charge on any atom is 0.0248 e. The van der Waals surface area contributed by atoms with Crippen LogP contribution in [0, 0.1) is 23.2 Å². The van der Waals surface area contributed by atoms with Crippen molar-refractivity contribution in [3.63, 3.8) is 0 Å². The van der Waals surface area contributed by atoms with E-state index in [1.807, 2.05) is 0 Å². The van der Waals surface area contributed by atoms with Gasteiger partial charge in [0, 0.05) is 38.8 Å². The van der Waals surface area contributed by atoms with E-state index < -0.39 is 0 Å². The minimum atomic E-state index is 0.646. The molecule has 1 heterocycles. The SMILES string of the molecule is CNC(CN1CCN(C)CC1)C12CC3CC(CC(C3)C1)C2. The summed E-state index contributed by atoms with van der Waals surface area (Å²) >= 11 is 0. The van der Waals surface area contributed by atoms with Gasteiger partial charge in [0.1, 0.15) is 0 Å². The largest absolute Gasteiger partial charge is 0.315 e. The van der Waals surface area contributed by atoms with Gasteiger partial charge in [-0.1, -0.05) is 0 Å². The first kappa shape index (κ1) is 14.5. The highest BCUT2D eigenvalue weighted by atomic mass is 15.3. The average molecular weight is 291 g/mol. The quantitative estimate of drug-likeness (QED) is 0.855. The van der Waals surface area contributed by atoms with Gasteiger partial charge in [-0.15, -0.1) is 0 Å². The third-order valence-electron chi connectivity index (χ3n) is 7.21. The average Bonchev–Trinajstić information content (AvgIpc) is 2.45. The molecule has 21 heavy (non-hydrogen) atoms. The van der Waals surface area contributed by atoms with Crippen molar-refractivity contribution in [2.45, 2.75) is 44.6 Å². The first-order valence-electron chi connectivity index (χ1n) is 9.25. The second kappa shape index (κ2) is 5.50. The zero-order valence-corrected chi connectivity index (χ0v) is 14.0. The van der Waals surface area contributed by atoms with E-state index in [1.165, 1.54) is 52.0 Å². The molecule has 4 bridgehead atoms. The van der Waals surface area contributed by atoms with Crippen molar-refractivity contribution >= 4 is 0 Å². The molecule has 5 rings (SSSR count). The molecule has 1 unspecified atom stereocenters. The fourth-order valence-electron chi connectivity index (χ4n) is 6.48. The van der Waals surface area contributed by atoms with E-state index in [1.54, 1.807) is 19.3 Å². The fourth-order valence-corrected chi connectivity index (χ4v) is 6.48. The number of rotatable bonds is 4. The van der Waals surface area contributed by atoms with Gasteiger partial charge in [0.05, 0.1) is 0 Å². The summed E-state index contributed by atoms with van der Waals surface area (Å²) in [6.07, 6.45) is 9.26. The van der Waals surface area contributed by atoms with Gasteiger partial charge in [-0.3, -0.25) is 4.90 Å². The number of hydrogen-bond donors (Lipinski definition) is 1. The van der Waals surface area contributed by atoms with Crippen LogP contribution in [-0.4, -0.2) is 62.7 Å². The van der Waals surface area contributed by atoms with Crippen LogP contribution >= 0.6 is 0 Å². The minimum Gasteiger partial charge on any atom is -0.315 e. The Morgan fingerprint density at radius 3 is 1.95 bits per heavy atom. The number of nitrogens with one attached hydrogen (secondary N) is 1. The molecule has 1 atom stereocenters. The van der Waals surface area contributed by atoms with Crippen LogP contribution in [0.2, 0.25) is 0 Å². The second-order valence-electron chi connectivity index (χ2n) is 8.73. The minimum absolute atomic E-state index is 0.646. The Balaban J connectivity index is 1.45. The third-order valence-corrected chi connectivity index (χ3v) is 7.21. The Morgan fingerprint density at radius 2 is 1.48 bits per heavy atom. The highest BCUT2D eigenvalue weighted by Gasteiger charge is 2.53. The maximum atomic E-state index is 3.76. The molecule has 0 aromatic heterocycles. The van der Waals surface area contributed by atoms with E-state index >= 15 is 0 Å². The van der Waals surface area contributed by atoms with E-state index in [0.717, 1.165) is 23.8 Å². The molecule has 0 aromatic rings. The zero-order valence-electron chi connectivity index (χ0n) is 14.0. The third kappa shape index (κ3) is 2.66. The number of hydrogen-bond acceptors (Lipinski definition) is 3. The van der Waals surface area contributed by atoms with Crippen LogP contribution in [0.4, 0.5) is 0 Å². The number of nitrogens with zero attached hydrogens (tertiary/aromatic N) is 2. The van der Waals surface area contributed by atoms with Crippen molar-refractivity contribution in [3.05, 3.63) is 0 Å². The number of piperazine rings is 1. The smallest absolute Gasteiger partial charge is 0.0248 e. The molecule has 0 amide bonds. The summed E-state index contributed by atoms with van der Waals surface area (Å²) in [4.78, 5) is 5.19. The molecular weight excluding hydrogens is 258 g/mol. The normalized spacial score (nSPS) is 45.1. The van der Waals surface area contributed by atoms with Crippen LogP contribution < -0.4 is 5.32 Å². The summed E-state index contributed by atoms with van der Waals surface area (Å²) < 4.78 is 0. The maximum absolute atomic E-state index is 3.76. The Labute approximate surface area is 130 Å². The fraction of sp³-hybridized carbons (Fsp3) is 1.00. The van der Waals surface area contributed by atoms with Gasteiger partial charge in [-0.2, -0.15) is 0 Å². The summed E-state index contributed by atoms with van der Waals surface area (Å²) in [6, 6.07) is 0.731. The summed E-state index contributed by atoms with van der Waals surface area (Å²) in [5.41, 5.74) is 0.646. The van der Waals surface area contributed by atoms with Gasteiger partial charge >= 0.3 is 0 Å². The van der Waals surface area contributed by atoms with E-state index in [9.17, 15) is 0 Å². The van der Waals surface area contributed by atoms with E-state index in [0.29, 0.717) is 5.41 Å². The van der Waals surface area contributed by atoms with Crippen LogP contribution in [0.25, 0.3) is 0 Å². The molecule has 0 radical (unpaired) electrons. The Bertz CT molecular complexity index is 337. The van der Waals surface area contributed by atoms with Gasteiger partial charge in [0.15, 0.2) is 0 Å². The Morgan fingerprint density at radius 1 is 0.952 bits per heavy atom. The van der Waals surface area contributed by atoms with Gasteiger partial charge in [0.2, 0.25) is 0 Å². The summed E-state index contributed by atoms with van der Waals surface area (Å²) in [7, 11) is 4.48. The summed E-state index contributed by atoms with van der Waals surface area (Å²) in [5, 5.41) is 3.76. The molecule has 4 saturated carbocycles. The summed E-state index contributed by atoms with van der Waals surface area (Å²) in [5.74, 6) is 3.21. The lowest BCUT2D eigenvalue weighted by Crippen LogP contribution is -2.59. The molecule has 5 aliphatic rings. The Hall–Kier alpha value is -0.120. The predicted octanol–water partition coefficient (Wildman–Crippen LogP) is 2.04. The van der Waals surface area contributed by atoms with Gasteiger partial charge in [-0.05, 0) is 75.8 Å². The molecule has 120 valence electrons. The lowest BCUT2D eigenvalue weighted by Gasteiger charge is -2.60. The van der Waals surface area contributed by atoms with Crippen molar-refractivity contribution in [2.24, 2.45) is 23.2 Å². The first-order chi connectivity index (χ1) is 10.2. The van der Waals surface area contributed by atoms with Crippen molar-refractivity contribution in [1.82, 2.24) is 15.1 Å². The van der Waals surface area contributed by atoms with Crippen LogP contribution in [0.15, 0.2) is 0 Å². The lowest BCUT2D eigenvalue weighted by atomic mass is 9.47. The van der Waals surface area contributed by atoms with E-state index in [2.05, 4.69) is 29.2 Å². The zero-order chi connectivity index (χ0) is 14.4. The van der Waals surface area contributed by atoms with Crippen LogP contribution in [-0.2, 0) is 0 Å². The van der Waals surface area contributed by atoms with Gasteiger partial charge in [0.25, 0.3) is 0 Å². The van der Waals surface area contributed by atoms with E-state index in [4.69, 9.17) is 0 Å². The molecule has 3 heteroatoms. The lowest BCUT2D eigenvalue weighted by molar-refractivity contribution is -0.0787. The highest BCUT2D eigenvalue weighted by molar-refractivity contribution is 5.06. The van der Waals surface area contributed by atoms with Crippen LogP contribution in [0.1, 0.15) is 38.5 Å². The molecule has 3 nitrogen and oxygen atoms in total. The van der Waals surface area contributed by atoms with Crippen LogP contribution in [0.5, 0.6) is 0 Å².